The lowest BCUT2D eigenvalue weighted by Crippen LogP contribution is -2.12. The first-order chi connectivity index (χ1) is 14.3. The van der Waals surface area contributed by atoms with Gasteiger partial charge in [0.15, 0.2) is 11.5 Å². The summed E-state index contributed by atoms with van der Waals surface area (Å²) >= 11 is 0. The lowest BCUT2D eigenvalue weighted by atomic mass is 10.0. The molecule has 0 saturated carbocycles. The molecule has 30 heavy (non-hydrogen) atoms. The van der Waals surface area contributed by atoms with Crippen LogP contribution < -0.4 is 14.8 Å². The van der Waals surface area contributed by atoms with Crippen molar-refractivity contribution in [1.29, 1.82) is 0 Å². The van der Waals surface area contributed by atoms with Crippen LogP contribution in [0.2, 0.25) is 0 Å². The topological polar surface area (TPSA) is 60.7 Å². The summed E-state index contributed by atoms with van der Waals surface area (Å²) in [6.07, 6.45) is -1.01. The van der Waals surface area contributed by atoms with Gasteiger partial charge in [0, 0.05) is 29.9 Å². The monoisotopic (exact) mass is 416 g/mol. The quantitative estimate of drug-likeness (QED) is 0.491. The maximum atomic E-state index is 13.1. The Labute approximate surface area is 170 Å². The number of alkyl halides is 3. The molecule has 0 saturated heterocycles. The molecule has 2 aromatic carbocycles. The molecule has 0 amide bonds. The molecule has 0 aliphatic rings. The third kappa shape index (κ3) is 3.47. The lowest BCUT2D eigenvalue weighted by molar-refractivity contribution is -0.137. The van der Waals surface area contributed by atoms with E-state index in [0.717, 1.165) is 23.0 Å². The molecule has 4 rings (SSSR count). The predicted octanol–water partition coefficient (Wildman–Crippen LogP) is 5.09. The highest BCUT2D eigenvalue weighted by molar-refractivity contribution is 5.93. The zero-order valence-corrected chi connectivity index (χ0v) is 16.5. The Morgan fingerprint density at radius 3 is 2.50 bits per heavy atom. The van der Waals surface area contributed by atoms with E-state index in [4.69, 9.17) is 9.47 Å². The Hall–Kier alpha value is -3.49. The molecule has 2 heterocycles. The number of fused-ring (bicyclic) bond motifs is 3. The number of nitrogens with one attached hydrogen (secondary N) is 1. The SMILES string of the molecule is COc1cc2c(NC(C)c3cccc(C(F)(F)F)c3)nc3nccn3c2cc1OC. The molecule has 1 unspecified atom stereocenters. The molecule has 0 bridgehead atoms. The van der Waals surface area contributed by atoms with Crippen molar-refractivity contribution in [3.05, 3.63) is 59.9 Å². The van der Waals surface area contributed by atoms with Crippen LogP contribution in [0.3, 0.4) is 0 Å². The smallest absolute Gasteiger partial charge is 0.416 e. The van der Waals surface area contributed by atoms with E-state index in [0.29, 0.717) is 28.7 Å². The number of ether oxygens (including phenoxy) is 2. The fraction of sp³-hybridized carbons (Fsp3) is 0.238. The molecular formula is C21H19F3N4O2. The van der Waals surface area contributed by atoms with Crippen molar-refractivity contribution in [2.24, 2.45) is 0 Å². The van der Waals surface area contributed by atoms with Gasteiger partial charge in [-0.15, -0.1) is 0 Å². The number of rotatable bonds is 5. The van der Waals surface area contributed by atoms with Gasteiger partial charge in [0.2, 0.25) is 5.78 Å². The zero-order chi connectivity index (χ0) is 21.5. The highest BCUT2D eigenvalue weighted by Crippen LogP contribution is 2.36. The van der Waals surface area contributed by atoms with Crippen LogP contribution in [0, 0.1) is 0 Å². The molecule has 0 aliphatic heterocycles. The second kappa shape index (κ2) is 7.40. The average Bonchev–Trinajstić information content (AvgIpc) is 3.21. The summed E-state index contributed by atoms with van der Waals surface area (Å²) in [5.41, 5.74) is 0.568. The van der Waals surface area contributed by atoms with Gasteiger partial charge in [-0.25, -0.2) is 4.98 Å². The third-order valence-electron chi connectivity index (χ3n) is 4.92. The molecule has 6 nitrogen and oxygen atoms in total. The fourth-order valence-electron chi connectivity index (χ4n) is 3.37. The summed E-state index contributed by atoms with van der Waals surface area (Å²) in [5, 5.41) is 3.94. The van der Waals surface area contributed by atoms with Crippen LogP contribution in [0.15, 0.2) is 48.8 Å². The van der Waals surface area contributed by atoms with Crippen LogP contribution >= 0.6 is 0 Å². The number of nitrogens with zero attached hydrogens (tertiary/aromatic N) is 3. The number of halogens is 3. The number of hydrogen-bond donors (Lipinski definition) is 1. The summed E-state index contributed by atoms with van der Waals surface area (Å²) in [4.78, 5) is 8.80. The summed E-state index contributed by atoms with van der Waals surface area (Å²) in [6, 6.07) is 8.38. The Morgan fingerprint density at radius 1 is 1.07 bits per heavy atom. The normalized spacial score (nSPS) is 12.9. The molecule has 0 fully saturated rings. The molecule has 1 N–H and O–H groups in total. The Morgan fingerprint density at radius 2 is 1.80 bits per heavy atom. The van der Waals surface area contributed by atoms with Crippen molar-refractivity contribution in [3.8, 4) is 11.5 Å². The van der Waals surface area contributed by atoms with Crippen molar-refractivity contribution in [3.63, 3.8) is 0 Å². The molecule has 1 atom stereocenters. The van der Waals surface area contributed by atoms with Crippen LogP contribution in [-0.4, -0.2) is 28.6 Å². The first-order valence-electron chi connectivity index (χ1n) is 9.14. The van der Waals surface area contributed by atoms with E-state index in [1.165, 1.54) is 13.2 Å². The van der Waals surface area contributed by atoms with Gasteiger partial charge in [-0.05, 0) is 30.7 Å². The molecule has 9 heteroatoms. The van der Waals surface area contributed by atoms with E-state index in [2.05, 4.69) is 15.3 Å². The number of benzene rings is 2. The fourth-order valence-corrected chi connectivity index (χ4v) is 3.37. The van der Waals surface area contributed by atoms with Gasteiger partial charge in [-0.3, -0.25) is 4.40 Å². The van der Waals surface area contributed by atoms with E-state index in [1.54, 1.807) is 43.0 Å². The number of imidazole rings is 1. The van der Waals surface area contributed by atoms with Crippen molar-refractivity contribution >= 4 is 22.5 Å². The van der Waals surface area contributed by atoms with Crippen LogP contribution in [0.25, 0.3) is 16.7 Å². The Balaban J connectivity index is 1.82. The minimum atomic E-state index is -4.40. The molecular weight excluding hydrogens is 397 g/mol. The summed E-state index contributed by atoms with van der Waals surface area (Å²) in [6.45, 7) is 1.78. The van der Waals surface area contributed by atoms with Gasteiger partial charge >= 0.3 is 6.18 Å². The Bertz CT molecular complexity index is 1220. The van der Waals surface area contributed by atoms with E-state index >= 15 is 0 Å². The molecule has 0 aliphatic carbocycles. The first-order valence-corrected chi connectivity index (χ1v) is 9.14. The first kappa shape index (κ1) is 19.8. The molecule has 0 spiro atoms. The standard InChI is InChI=1S/C21H19F3N4O2/c1-12(13-5-4-6-14(9-13)21(22,23)24)26-19-15-10-17(29-2)18(30-3)11-16(15)28-8-7-25-20(28)27-19/h4-12H,1-3H3,(H,25,26,27). The largest absolute Gasteiger partial charge is 0.493 e. The van der Waals surface area contributed by atoms with E-state index in [-0.39, 0.29) is 0 Å². The van der Waals surface area contributed by atoms with E-state index in [9.17, 15) is 13.2 Å². The van der Waals surface area contributed by atoms with Crippen molar-refractivity contribution in [1.82, 2.24) is 14.4 Å². The van der Waals surface area contributed by atoms with Crippen molar-refractivity contribution < 1.29 is 22.6 Å². The van der Waals surface area contributed by atoms with Gasteiger partial charge in [-0.2, -0.15) is 18.2 Å². The van der Waals surface area contributed by atoms with Gasteiger partial charge < -0.3 is 14.8 Å². The van der Waals surface area contributed by atoms with Crippen LogP contribution in [-0.2, 0) is 6.18 Å². The van der Waals surface area contributed by atoms with Crippen LogP contribution in [0.4, 0.5) is 19.0 Å². The molecule has 0 radical (unpaired) electrons. The molecule has 2 aromatic heterocycles. The summed E-state index contributed by atoms with van der Waals surface area (Å²) < 4.78 is 51.9. The van der Waals surface area contributed by atoms with Gasteiger partial charge in [0.05, 0.1) is 25.3 Å². The second-order valence-corrected chi connectivity index (χ2v) is 6.77. The maximum absolute atomic E-state index is 13.1. The van der Waals surface area contributed by atoms with Gasteiger partial charge in [0.1, 0.15) is 5.82 Å². The van der Waals surface area contributed by atoms with Crippen molar-refractivity contribution in [2.45, 2.75) is 19.1 Å². The van der Waals surface area contributed by atoms with Crippen LogP contribution in [0.1, 0.15) is 24.1 Å². The van der Waals surface area contributed by atoms with Gasteiger partial charge in [0.25, 0.3) is 0 Å². The van der Waals surface area contributed by atoms with E-state index in [1.807, 2.05) is 6.07 Å². The summed E-state index contributed by atoms with van der Waals surface area (Å²) in [5.74, 6) is 1.99. The van der Waals surface area contributed by atoms with E-state index < -0.39 is 17.8 Å². The maximum Gasteiger partial charge on any atom is 0.416 e. The number of aromatic nitrogens is 3. The Kier molecular flexibility index (Phi) is 4.89. The number of methoxy groups -OCH3 is 2. The average molecular weight is 416 g/mol. The highest BCUT2D eigenvalue weighted by Gasteiger charge is 2.30. The van der Waals surface area contributed by atoms with Gasteiger partial charge in [-0.1, -0.05) is 12.1 Å². The molecule has 4 aromatic rings. The lowest BCUT2D eigenvalue weighted by Gasteiger charge is -2.19. The second-order valence-electron chi connectivity index (χ2n) is 6.77. The van der Waals surface area contributed by atoms with Crippen LogP contribution in [0.5, 0.6) is 11.5 Å². The molecule has 156 valence electrons. The number of anilines is 1. The minimum absolute atomic E-state index is 0.437. The minimum Gasteiger partial charge on any atom is -0.493 e. The third-order valence-corrected chi connectivity index (χ3v) is 4.92. The predicted molar refractivity (Wildman–Crippen MR) is 107 cm³/mol. The highest BCUT2D eigenvalue weighted by atomic mass is 19.4. The van der Waals surface area contributed by atoms with Crippen molar-refractivity contribution in [2.75, 3.05) is 19.5 Å². The zero-order valence-electron chi connectivity index (χ0n) is 16.5. The summed E-state index contributed by atoms with van der Waals surface area (Å²) in [7, 11) is 3.08. The number of hydrogen-bond acceptors (Lipinski definition) is 5.